The van der Waals surface area contributed by atoms with Crippen molar-refractivity contribution in [3.8, 4) is 0 Å². The first kappa shape index (κ1) is 16.0. The Hall–Kier alpha value is -2.38. The lowest BCUT2D eigenvalue weighted by Gasteiger charge is -2.16. The molecular weight excluding hydrogens is 295 g/mol. The highest BCUT2D eigenvalue weighted by Crippen LogP contribution is 2.30. The maximum Gasteiger partial charge on any atom is 0.433 e. The van der Waals surface area contributed by atoms with Gasteiger partial charge in [0.2, 0.25) is 5.95 Å². The van der Waals surface area contributed by atoms with Gasteiger partial charge in [0, 0.05) is 39.1 Å². The van der Waals surface area contributed by atoms with E-state index in [-0.39, 0.29) is 11.8 Å². The zero-order chi connectivity index (χ0) is 16.3. The molecule has 0 unspecified atom stereocenters. The molecule has 0 aliphatic rings. The quantitative estimate of drug-likeness (QED) is 0.941. The normalized spacial score (nSPS) is 11.4. The first-order chi connectivity index (χ1) is 10.3. The highest BCUT2D eigenvalue weighted by Gasteiger charge is 2.34. The number of hydrogen-bond acceptors (Lipinski definition) is 5. The summed E-state index contributed by atoms with van der Waals surface area (Å²) in [6.45, 7) is 2.20. The fourth-order valence-electron chi connectivity index (χ4n) is 1.76. The van der Waals surface area contributed by atoms with Crippen molar-refractivity contribution in [3.63, 3.8) is 0 Å². The molecule has 2 heterocycles. The number of nitrogens with zero attached hydrogens (tertiary/aromatic N) is 4. The number of halogens is 3. The topological polar surface area (TPSA) is 53.9 Å². The second-order valence-corrected chi connectivity index (χ2v) is 4.98. The zero-order valence-corrected chi connectivity index (χ0v) is 12.4. The summed E-state index contributed by atoms with van der Waals surface area (Å²) < 4.78 is 38.7. The van der Waals surface area contributed by atoms with Crippen molar-refractivity contribution in [1.82, 2.24) is 15.0 Å². The molecule has 118 valence electrons. The van der Waals surface area contributed by atoms with Crippen molar-refractivity contribution in [2.45, 2.75) is 19.6 Å². The van der Waals surface area contributed by atoms with Crippen LogP contribution >= 0.6 is 0 Å². The highest BCUT2D eigenvalue weighted by molar-refractivity contribution is 5.44. The number of aryl methyl sites for hydroxylation is 1. The minimum Gasteiger partial charge on any atom is -0.363 e. The Labute approximate surface area is 126 Å². The summed E-state index contributed by atoms with van der Waals surface area (Å²) in [4.78, 5) is 13.1. The van der Waals surface area contributed by atoms with Crippen molar-refractivity contribution in [3.05, 3.63) is 41.3 Å². The van der Waals surface area contributed by atoms with Crippen LogP contribution in [0.5, 0.6) is 0 Å². The van der Waals surface area contributed by atoms with Crippen LogP contribution in [-0.4, -0.2) is 29.0 Å². The SMILES string of the molecule is Cc1cnccc1CNc1nc(N(C)C)cc(C(F)(F)F)n1. The van der Waals surface area contributed by atoms with Crippen LogP contribution in [-0.2, 0) is 12.7 Å². The van der Waals surface area contributed by atoms with Crippen molar-refractivity contribution >= 4 is 11.8 Å². The van der Waals surface area contributed by atoms with E-state index in [0.29, 0.717) is 6.54 Å². The van der Waals surface area contributed by atoms with Crippen LogP contribution in [0.4, 0.5) is 24.9 Å². The number of rotatable bonds is 4. The van der Waals surface area contributed by atoms with Gasteiger partial charge in [-0.3, -0.25) is 4.98 Å². The van der Waals surface area contributed by atoms with Gasteiger partial charge in [0.1, 0.15) is 5.82 Å². The number of alkyl halides is 3. The molecule has 0 fully saturated rings. The molecule has 5 nitrogen and oxygen atoms in total. The van der Waals surface area contributed by atoms with Gasteiger partial charge in [0.05, 0.1) is 0 Å². The number of pyridine rings is 1. The monoisotopic (exact) mass is 311 g/mol. The maximum atomic E-state index is 12.9. The number of aromatic nitrogens is 3. The molecule has 0 amide bonds. The molecule has 2 aromatic heterocycles. The molecule has 0 spiro atoms. The van der Waals surface area contributed by atoms with Gasteiger partial charge >= 0.3 is 6.18 Å². The third-order valence-electron chi connectivity index (χ3n) is 3.03. The number of hydrogen-bond donors (Lipinski definition) is 1. The van der Waals surface area contributed by atoms with Gasteiger partial charge < -0.3 is 10.2 Å². The predicted molar refractivity (Wildman–Crippen MR) is 77.7 cm³/mol. The Kier molecular flexibility index (Phi) is 4.48. The van der Waals surface area contributed by atoms with Crippen molar-refractivity contribution < 1.29 is 13.2 Å². The molecule has 0 bridgehead atoms. The third-order valence-corrected chi connectivity index (χ3v) is 3.03. The lowest BCUT2D eigenvalue weighted by atomic mass is 10.1. The molecule has 8 heteroatoms. The zero-order valence-electron chi connectivity index (χ0n) is 12.4. The summed E-state index contributed by atoms with van der Waals surface area (Å²) >= 11 is 0. The van der Waals surface area contributed by atoms with Gasteiger partial charge in [-0.15, -0.1) is 0 Å². The Morgan fingerprint density at radius 1 is 1.23 bits per heavy atom. The second-order valence-electron chi connectivity index (χ2n) is 4.98. The van der Waals surface area contributed by atoms with Crippen LogP contribution < -0.4 is 10.2 Å². The minimum atomic E-state index is -4.52. The standard InChI is InChI=1S/C14H16F3N5/c1-9-7-18-5-4-10(9)8-19-13-20-11(14(15,16)17)6-12(21-13)22(2)3/h4-7H,8H2,1-3H3,(H,19,20,21). The summed E-state index contributed by atoms with van der Waals surface area (Å²) in [5, 5.41) is 2.83. The molecule has 22 heavy (non-hydrogen) atoms. The van der Waals surface area contributed by atoms with Gasteiger partial charge in [-0.05, 0) is 24.1 Å². The van der Waals surface area contributed by atoms with Gasteiger partial charge in [0.25, 0.3) is 0 Å². The van der Waals surface area contributed by atoms with E-state index >= 15 is 0 Å². The van der Waals surface area contributed by atoms with E-state index in [9.17, 15) is 13.2 Å². The van der Waals surface area contributed by atoms with E-state index in [1.54, 1.807) is 32.6 Å². The Bertz CT molecular complexity index is 655. The maximum absolute atomic E-state index is 12.9. The molecule has 0 saturated carbocycles. The highest BCUT2D eigenvalue weighted by atomic mass is 19.4. The van der Waals surface area contributed by atoms with E-state index in [0.717, 1.165) is 17.2 Å². The van der Waals surface area contributed by atoms with E-state index in [4.69, 9.17) is 0 Å². The molecule has 2 aromatic rings. The second kappa shape index (κ2) is 6.17. The molecular formula is C14H16F3N5. The summed E-state index contributed by atoms with van der Waals surface area (Å²) in [5.74, 6) is 0.131. The van der Waals surface area contributed by atoms with Gasteiger partial charge in [-0.1, -0.05) is 0 Å². The summed E-state index contributed by atoms with van der Waals surface area (Å²) in [6.07, 6.45) is -1.20. The van der Waals surface area contributed by atoms with Crippen molar-refractivity contribution in [2.75, 3.05) is 24.3 Å². The van der Waals surface area contributed by atoms with Crippen LogP contribution in [0.25, 0.3) is 0 Å². The van der Waals surface area contributed by atoms with Gasteiger partial charge in [-0.25, -0.2) is 4.98 Å². The van der Waals surface area contributed by atoms with Crippen LogP contribution in [0.15, 0.2) is 24.5 Å². The average Bonchev–Trinajstić information content (AvgIpc) is 2.45. The van der Waals surface area contributed by atoms with Crippen LogP contribution in [0.3, 0.4) is 0 Å². The molecule has 2 rings (SSSR count). The molecule has 0 radical (unpaired) electrons. The third kappa shape index (κ3) is 3.84. The largest absolute Gasteiger partial charge is 0.433 e. The van der Waals surface area contributed by atoms with Crippen LogP contribution in [0.2, 0.25) is 0 Å². The fourth-order valence-corrected chi connectivity index (χ4v) is 1.76. The number of anilines is 2. The molecule has 0 atom stereocenters. The summed E-state index contributed by atoms with van der Waals surface area (Å²) in [5.41, 5.74) is 0.886. The fraction of sp³-hybridized carbons (Fsp3) is 0.357. The molecule has 1 N–H and O–H groups in total. The van der Waals surface area contributed by atoms with Crippen molar-refractivity contribution in [2.24, 2.45) is 0 Å². The average molecular weight is 311 g/mol. The minimum absolute atomic E-state index is 0.0604. The van der Waals surface area contributed by atoms with Crippen LogP contribution in [0.1, 0.15) is 16.8 Å². The lowest BCUT2D eigenvalue weighted by Crippen LogP contribution is -2.17. The van der Waals surface area contributed by atoms with Gasteiger partial charge in [0.15, 0.2) is 5.69 Å². The smallest absolute Gasteiger partial charge is 0.363 e. The Balaban J connectivity index is 2.27. The van der Waals surface area contributed by atoms with Gasteiger partial charge in [-0.2, -0.15) is 18.2 Å². The van der Waals surface area contributed by atoms with Crippen LogP contribution in [0, 0.1) is 6.92 Å². The Morgan fingerprint density at radius 3 is 2.55 bits per heavy atom. The van der Waals surface area contributed by atoms with E-state index in [2.05, 4.69) is 20.3 Å². The van der Waals surface area contributed by atoms with Crippen molar-refractivity contribution in [1.29, 1.82) is 0 Å². The lowest BCUT2D eigenvalue weighted by molar-refractivity contribution is -0.141. The van der Waals surface area contributed by atoms with E-state index < -0.39 is 11.9 Å². The summed E-state index contributed by atoms with van der Waals surface area (Å²) in [6, 6.07) is 2.71. The summed E-state index contributed by atoms with van der Waals surface area (Å²) in [7, 11) is 3.25. The van der Waals surface area contributed by atoms with E-state index in [1.807, 2.05) is 6.92 Å². The number of nitrogens with one attached hydrogen (secondary N) is 1. The Morgan fingerprint density at radius 2 is 1.95 bits per heavy atom. The first-order valence-corrected chi connectivity index (χ1v) is 6.54. The molecule has 0 aliphatic carbocycles. The predicted octanol–water partition coefficient (Wildman–Crippen LogP) is 2.88. The molecule has 0 aromatic carbocycles. The molecule has 0 aliphatic heterocycles. The molecule has 0 saturated heterocycles. The first-order valence-electron chi connectivity index (χ1n) is 6.54. The van der Waals surface area contributed by atoms with E-state index in [1.165, 1.54) is 4.90 Å².